The van der Waals surface area contributed by atoms with E-state index in [4.69, 9.17) is 5.11 Å². The zero-order valence-electron chi connectivity index (χ0n) is 6.15. The number of carboxylic acid groups (broad SMARTS) is 1. The van der Waals surface area contributed by atoms with Gasteiger partial charge in [0.2, 0.25) is 0 Å². The zero-order chi connectivity index (χ0) is 10.2. The van der Waals surface area contributed by atoms with Gasteiger partial charge in [0.1, 0.15) is 5.83 Å². The van der Waals surface area contributed by atoms with E-state index in [0.717, 1.165) is 0 Å². The topological polar surface area (TPSA) is 37.3 Å². The van der Waals surface area contributed by atoms with Crippen LogP contribution in [0.5, 0.6) is 0 Å². The smallest absolute Gasteiger partial charge is 0.338 e. The second-order valence-electron chi connectivity index (χ2n) is 2.52. The van der Waals surface area contributed by atoms with Crippen LogP contribution in [0.2, 0.25) is 0 Å². The molecule has 0 bridgehead atoms. The highest BCUT2D eigenvalue weighted by Crippen LogP contribution is 2.36. The second kappa shape index (κ2) is 2.86. The van der Waals surface area contributed by atoms with Gasteiger partial charge >= 0.3 is 5.97 Å². The first kappa shape index (κ1) is 9.76. The molecule has 0 radical (unpaired) electrons. The fourth-order valence-corrected chi connectivity index (χ4v) is 0.912. The van der Waals surface area contributed by atoms with Crippen molar-refractivity contribution in [1.29, 1.82) is 0 Å². The average molecular weight is 196 g/mol. The number of carbonyl (C=O) groups is 1. The third kappa shape index (κ3) is 1.88. The largest absolute Gasteiger partial charge is 0.478 e. The van der Waals surface area contributed by atoms with Crippen LogP contribution in [-0.4, -0.2) is 17.0 Å². The monoisotopic (exact) mass is 196 g/mol. The van der Waals surface area contributed by atoms with Crippen molar-refractivity contribution in [1.82, 2.24) is 0 Å². The molecule has 72 valence electrons. The van der Waals surface area contributed by atoms with Crippen LogP contribution >= 0.6 is 0 Å². The van der Waals surface area contributed by atoms with E-state index >= 15 is 0 Å². The molecule has 13 heavy (non-hydrogen) atoms. The van der Waals surface area contributed by atoms with Gasteiger partial charge in [0.25, 0.3) is 5.92 Å². The van der Waals surface area contributed by atoms with Crippen LogP contribution in [0.3, 0.4) is 0 Å². The van der Waals surface area contributed by atoms with Crippen molar-refractivity contribution >= 4 is 5.97 Å². The first-order valence-corrected chi connectivity index (χ1v) is 3.22. The molecule has 0 aromatic heterocycles. The summed E-state index contributed by atoms with van der Waals surface area (Å²) >= 11 is 0. The molecule has 0 aliphatic heterocycles. The highest BCUT2D eigenvalue weighted by molar-refractivity contribution is 5.91. The Morgan fingerprint density at radius 2 is 2.00 bits per heavy atom. The molecule has 1 aliphatic carbocycles. The van der Waals surface area contributed by atoms with E-state index in [1.54, 1.807) is 0 Å². The number of alkyl halides is 2. The summed E-state index contributed by atoms with van der Waals surface area (Å²) in [5.41, 5.74) is -1.33. The van der Waals surface area contributed by atoms with Gasteiger partial charge in [-0.1, -0.05) is 0 Å². The Labute approximate surface area is 70.2 Å². The van der Waals surface area contributed by atoms with Gasteiger partial charge in [0.05, 0.1) is 12.0 Å². The van der Waals surface area contributed by atoms with Crippen molar-refractivity contribution in [2.45, 2.75) is 12.3 Å². The van der Waals surface area contributed by atoms with Crippen LogP contribution in [0, 0.1) is 0 Å². The minimum Gasteiger partial charge on any atom is -0.478 e. The van der Waals surface area contributed by atoms with E-state index in [2.05, 4.69) is 0 Å². The summed E-state index contributed by atoms with van der Waals surface area (Å²) in [7, 11) is 0. The van der Waals surface area contributed by atoms with Crippen molar-refractivity contribution in [2.24, 2.45) is 0 Å². The summed E-state index contributed by atoms with van der Waals surface area (Å²) in [5.74, 6) is -9.00. The number of carboxylic acids is 1. The second-order valence-corrected chi connectivity index (χ2v) is 2.52. The molecule has 0 aromatic rings. The molecule has 0 heterocycles. The zero-order valence-corrected chi connectivity index (χ0v) is 6.15. The molecule has 0 amide bonds. The first-order valence-electron chi connectivity index (χ1n) is 3.22. The lowest BCUT2D eigenvalue weighted by Crippen LogP contribution is -2.20. The minimum atomic E-state index is -3.63. The number of aliphatic carboxylic acids is 1. The third-order valence-electron chi connectivity index (χ3n) is 1.45. The van der Waals surface area contributed by atoms with Gasteiger partial charge in [0.15, 0.2) is 5.83 Å². The molecule has 0 aromatic carbocycles. The predicted octanol–water partition coefficient (Wildman–Crippen LogP) is 2.19. The number of hydrogen-bond donors (Lipinski definition) is 1. The fraction of sp³-hybridized carbons (Fsp3) is 0.286. The molecule has 1 N–H and O–H groups in total. The van der Waals surface area contributed by atoms with E-state index in [0.29, 0.717) is 0 Å². The van der Waals surface area contributed by atoms with E-state index in [1.165, 1.54) is 0 Å². The van der Waals surface area contributed by atoms with Gasteiger partial charge in [-0.2, -0.15) is 0 Å². The van der Waals surface area contributed by atoms with Crippen molar-refractivity contribution in [3.8, 4) is 0 Å². The third-order valence-corrected chi connectivity index (χ3v) is 1.45. The highest BCUT2D eigenvalue weighted by Gasteiger charge is 2.38. The van der Waals surface area contributed by atoms with Crippen molar-refractivity contribution in [3.05, 3.63) is 23.3 Å². The summed E-state index contributed by atoms with van der Waals surface area (Å²) in [5, 5.41) is 8.22. The van der Waals surface area contributed by atoms with E-state index in [9.17, 15) is 22.4 Å². The van der Waals surface area contributed by atoms with E-state index in [1.807, 2.05) is 0 Å². The molecule has 1 rings (SSSR count). The molecular formula is C7H4F4O2. The fourth-order valence-electron chi connectivity index (χ4n) is 0.912. The quantitative estimate of drug-likeness (QED) is 0.652. The Morgan fingerprint density at radius 1 is 1.46 bits per heavy atom. The standard InChI is InChI=1S/C7H4F4O2/c8-4-2-7(10,11)1-3(5(4)9)6(12)13/h1H,2H2,(H,12,13). The molecule has 0 saturated heterocycles. The Balaban J connectivity index is 3.16. The van der Waals surface area contributed by atoms with Gasteiger partial charge < -0.3 is 5.11 Å². The van der Waals surface area contributed by atoms with Crippen LogP contribution in [0.15, 0.2) is 23.3 Å². The molecule has 6 heteroatoms. The lowest BCUT2D eigenvalue weighted by atomic mass is 10.0. The van der Waals surface area contributed by atoms with Crippen molar-refractivity contribution in [3.63, 3.8) is 0 Å². The molecule has 1 aliphatic rings. The lowest BCUT2D eigenvalue weighted by Gasteiger charge is -2.16. The molecule has 0 fully saturated rings. The van der Waals surface area contributed by atoms with E-state index < -0.39 is 35.5 Å². The van der Waals surface area contributed by atoms with Gasteiger partial charge in [-0.3, -0.25) is 0 Å². The normalized spacial score (nSPS) is 21.4. The number of allylic oxidation sites excluding steroid dienone is 2. The van der Waals surface area contributed by atoms with Crippen LogP contribution in [0.1, 0.15) is 6.42 Å². The summed E-state index contributed by atoms with van der Waals surface area (Å²) in [6, 6.07) is 0. The minimum absolute atomic E-state index is 0.0895. The highest BCUT2D eigenvalue weighted by atomic mass is 19.3. The van der Waals surface area contributed by atoms with E-state index in [-0.39, 0.29) is 6.08 Å². The molecule has 0 spiro atoms. The molecule has 0 atom stereocenters. The Hall–Kier alpha value is -1.33. The molecular weight excluding hydrogens is 192 g/mol. The maximum atomic E-state index is 12.6. The SMILES string of the molecule is O=C(O)C1=CC(F)(F)CC(F)=C1F. The van der Waals surface area contributed by atoms with Gasteiger partial charge in [0, 0.05) is 6.08 Å². The van der Waals surface area contributed by atoms with Gasteiger partial charge in [-0.15, -0.1) is 0 Å². The Morgan fingerprint density at radius 3 is 2.46 bits per heavy atom. The maximum absolute atomic E-state index is 12.6. The van der Waals surface area contributed by atoms with Crippen LogP contribution in [0.4, 0.5) is 17.6 Å². The number of halogens is 4. The Bertz CT molecular complexity index is 316. The number of hydrogen-bond acceptors (Lipinski definition) is 1. The predicted molar refractivity (Wildman–Crippen MR) is 34.5 cm³/mol. The summed E-state index contributed by atoms with van der Waals surface area (Å²) < 4.78 is 49.9. The first-order chi connectivity index (χ1) is 5.83. The lowest BCUT2D eigenvalue weighted by molar-refractivity contribution is -0.132. The van der Waals surface area contributed by atoms with Crippen LogP contribution in [0.25, 0.3) is 0 Å². The maximum Gasteiger partial charge on any atom is 0.338 e. The summed E-state index contributed by atoms with van der Waals surface area (Å²) in [4.78, 5) is 10.2. The number of rotatable bonds is 1. The summed E-state index contributed by atoms with van der Waals surface area (Å²) in [6.07, 6.45) is -1.51. The van der Waals surface area contributed by atoms with Crippen molar-refractivity contribution < 1.29 is 27.5 Å². The van der Waals surface area contributed by atoms with Crippen LogP contribution < -0.4 is 0 Å². The average Bonchev–Trinajstić information content (AvgIpc) is 1.95. The Kier molecular flexibility index (Phi) is 2.15. The molecule has 0 saturated carbocycles. The van der Waals surface area contributed by atoms with Crippen LogP contribution in [-0.2, 0) is 4.79 Å². The van der Waals surface area contributed by atoms with Gasteiger partial charge in [-0.05, 0) is 0 Å². The molecule has 0 unspecified atom stereocenters. The molecule has 2 nitrogen and oxygen atoms in total. The van der Waals surface area contributed by atoms with Crippen molar-refractivity contribution in [2.75, 3.05) is 0 Å². The van der Waals surface area contributed by atoms with Gasteiger partial charge in [-0.25, -0.2) is 22.4 Å². The summed E-state index contributed by atoms with van der Waals surface area (Å²) in [6.45, 7) is 0.